The molecule has 42 valence electrons. The largest absolute Gasteiger partial charge is 0.392 e. The number of aliphatic hydroxyl groups excluding tert-OH is 1. The van der Waals surface area contributed by atoms with Crippen molar-refractivity contribution in [2.45, 2.75) is 13.0 Å². The van der Waals surface area contributed by atoms with Gasteiger partial charge in [-0.25, -0.2) is 0 Å². The number of amides is 1. The van der Waals surface area contributed by atoms with Crippen molar-refractivity contribution in [2.75, 3.05) is 6.54 Å². The summed E-state index contributed by atoms with van der Waals surface area (Å²) < 4.78 is 0. The van der Waals surface area contributed by atoms with E-state index < -0.39 is 6.10 Å². The third-order valence-electron chi connectivity index (χ3n) is 0.497. The Morgan fingerprint density at radius 3 is 2.71 bits per heavy atom. The summed E-state index contributed by atoms with van der Waals surface area (Å²) in [4.78, 5) is 9.49. The Balaban J connectivity index is 2.81. The molecule has 0 aliphatic rings. The summed E-state index contributed by atoms with van der Waals surface area (Å²) in [5.74, 6) is 0. The molecule has 3 nitrogen and oxygen atoms in total. The van der Waals surface area contributed by atoms with E-state index >= 15 is 0 Å². The van der Waals surface area contributed by atoms with Crippen molar-refractivity contribution >= 4 is 6.41 Å². The van der Waals surface area contributed by atoms with E-state index in [1.54, 1.807) is 6.92 Å². The van der Waals surface area contributed by atoms with Crippen LogP contribution in [0.5, 0.6) is 0 Å². The Kier molecular flexibility index (Phi) is 3.32. The van der Waals surface area contributed by atoms with Crippen molar-refractivity contribution in [1.82, 2.24) is 5.32 Å². The maximum Gasteiger partial charge on any atom is 0.207 e. The molecule has 0 saturated carbocycles. The van der Waals surface area contributed by atoms with Gasteiger partial charge in [0.2, 0.25) is 6.41 Å². The molecule has 2 N–H and O–H groups in total. The molecule has 0 heterocycles. The van der Waals surface area contributed by atoms with Gasteiger partial charge in [0.1, 0.15) is 0 Å². The molecular formula is C4H9NO2. The zero-order valence-electron chi connectivity index (χ0n) is 4.22. The van der Waals surface area contributed by atoms with Crippen LogP contribution in [0.1, 0.15) is 6.92 Å². The topological polar surface area (TPSA) is 49.3 Å². The lowest BCUT2D eigenvalue weighted by molar-refractivity contribution is -0.109. The van der Waals surface area contributed by atoms with E-state index in [1.165, 1.54) is 0 Å². The van der Waals surface area contributed by atoms with Crippen molar-refractivity contribution in [3.05, 3.63) is 0 Å². The molecule has 0 aromatic rings. The zero-order valence-corrected chi connectivity index (χ0v) is 4.22. The second kappa shape index (κ2) is 3.61. The fraction of sp³-hybridized carbons (Fsp3) is 0.750. The van der Waals surface area contributed by atoms with Gasteiger partial charge in [-0.2, -0.15) is 0 Å². The summed E-state index contributed by atoms with van der Waals surface area (Å²) in [6.07, 6.45) is 0.123. The van der Waals surface area contributed by atoms with Gasteiger partial charge in [-0.15, -0.1) is 0 Å². The van der Waals surface area contributed by atoms with Crippen LogP contribution in [-0.2, 0) is 4.79 Å². The van der Waals surface area contributed by atoms with Crippen LogP contribution in [-0.4, -0.2) is 24.2 Å². The van der Waals surface area contributed by atoms with Crippen molar-refractivity contribution in [3.8, 4) is 0 Å². The second-order valence-corrected chi connectivity index (χ2v) is 1.38. The molecule has 0 aliphatic heterocycles. The molecule has 3 heteroatoms. The number of hydrogen-bond donors (Lipinski definition) is 2. The third kappa shape index (κ3) is 5.43. The molecule has 1 amide bonds. The van der Waals surface area contributed by atoms with Gasteiger partial charge in [-0.05, 0) is 6.92 Å². The quantitative estimate of drug-likeness (QED) is 0.455. The third-order valence-corrected chi connectivity index (χ3v) is 0.497. The highest BCUT2D eigenvalue weighted by molar-refractivity contribution is 5.45. The molecular weight excluding hydrogens is 94.0 g/mol. The molecule has 0 spiro atoms. The minimum absolute atomic E-state index is 0.337. The number of nitrogens with one attached hydrogen (secondary N) is 1. The first-order chi connectivity index (χ1) is 3.27. The normalized spacial score (nSPS) is 12.9. The van der Waals surface area contributed by atoms with E-state index in [1.807, 2.05) is 0 Å². The van der Waals surface area contributed by atoms with E-state index in [2.05, 4.69) is 5.32 Å². The Hall–Kier alpha value is -0.570. The fourth-order valence-corrected chi connectivity index (χ4v) is 0.219. The van der Waals surface area contributed by atoms with Gasteiger partial charge >= 0.3 is 0 Å². The molecule has 1 atom stereocenters. The van der Waals surface area contributed by atoms with Crippen LogP contribution < -0.4 is 5.32 Å². The first-order valence-corrected chi connectivity index (χ1v) is 2.12. The predicted octanol–water partition coefficient (Wildman–Crippen LogP) is -0.887. The Bertz CT molecular complexity index is 53.7. The van der Waals surface area contributed by atoms with E-state index in [9.17, 15) is 4.79 Å². The lowest BCUT2D eigenvalue weighted by atomic mass is 10.4. The minimum Gasteiger partial charge on any atom is -0.392 e. The summed E-state index contributed by atoms with van der Waals surface area (Å²) in [5.41, 5.74) is 0. The maximum atomic E-state index is 9.49. The van der Waals surface area contributed by atoms with E-state index in [-0.39, 0.29) is 0 Å². The van der Waals surface area contributed by atoms with Gasteiger partial charge in [-0.1, -0.05) is 0 Å². The van der Waals surface area contributed by atoms with Gasteiger partial charge in [0, 0.05) is 6.54 Å². The average molecular weight is 103 g/mol. The van der Waals surface area contributed by atoms with E-state index in [0.717, 1.165) is 0 Å². The summed E-state index contributed by atoms with van der Waals surface area (Å²) in [7, 11) is 0. The molecule has 0 rings (SSSR count). The molecule has 0 aliphatic carbocycles. The maximum absolute atomic E-state index is 9.49. The lowest BCUT2D eigenvalue weighted by Crippen LogP contribution is -2.22. The van der Waals surface area contributed by atoms with Crippen molar-refractivity contribution < 1.29 is 9.90 Å². The van der Waals surface area contributed by atoms with Crippen LogP contribution in [0.4, 0.5) is 0 Å². The molecule has 0 aromatic heterocycles. The smallest absolute Gasteiger partial charge is 0.207 e. The highest BCUT2D eigenvalue weighted by atomic mass is 16.3. The van der Waals surface area contributed by atoms with Crippen LogP contribution in [0.3, 0.4) is 0 Å². The van der Waals surface area contributed by atoms with Crippen molar-refractivity contribution in [3.63, 3.8) is 0 Å². The number of aliphatic hydroxyl groups is 1. The first-order valence-electron chi connectivity index (χ1n) is 2.12. The van der Waals surface area contributed by atoms with Crippen LogP contribution in [0.2, 0.25) is 0 Å². The minimum atomic E-state index is -0.440. The van der Waals surface area contributed by atoms with Crippen LogP contribution in [0.15, 0.2) is 0 Å². The molecule has 0 unspecified atom stereocenters. The monoisotopic (exact) mass is 103 g/mol. The standard InChI is InChI=1S/C4H9NO2/c1-4(7)2-5-3-6/h3-4,7H,2H2,1H3,(H,5,6)/t4-/m1/s1. The molecule has 0 saturated heterocycles. The van der Waals surface area contributed by atoms with Crippen LogP contribution in [0.25, 0.3) is 0 Å². The molecule has 0 aromatic carbocycles. The molecule has 0 radical (unpaired) electrons. The highest BCUT2D eigenvalue weighted by Gasteiger charge is 1.88. The van der Waals surface area contributed by atoms with Gasteiger partial charge in [0.05, 0.1) is 6.10 Å². The van der Waals surface area contributed by atoms with Crippen LogP contribution in [0, 0.1) is 0 Å². The SMILES string of the molecule is C[C@@H](O)CNC=O. The Labute approximate surface area is 42.3 Å². The number of hydrogen-bond acceptors (Lipinski definition) is 2. The van der Waals surface area contributed by atoms with Gasteiger partial charge in [0.25, 0.3) is 0 Å². The first kappa shape index (κ1) is 6.43. The predicted molar refractivity (Wildman–Crippen MR) is 25.7 cm³/mol. The van der Waals surface area contributed by atoms with Gasteiger partial charge in [-0.3, -0.25) is 4.79 Å². The summed E-state index contributed by atoms with van der Waals surface area (Å²) >= 11 is 0. The molecule has 7 heavy (non-hydrogen) atoms. The lowest BCUT2D eigenvalue weighted by Gasteiger charge is -1.98. The Morgan fingerprint density at radius 1 is 2.00 bits per heavy atom. The van der Waals surface area contributed by atoms with E-state index in [0.29, 0.717) is 13.0 Å². The fourth-order valence-electron chi connectivity index (χ4n) is 0.219. The molecule has 0 fully saturated rings. The van der Waals surface area contributed by atoms with Gasteiger partial charge in [0.15, 0.2) is 0 Å². The van der Waals surface area contributed by atoms with Gasteiger partial charge < -0.3 is 10.4 Å². The summed E-state index contributed by atoms with van der Waals surface area (Å²) in [5, 5.41) is 10.8. The Morgan fingerprint density at radius 2 is 2.57 bits per heavy atom. The number of carbonyl (C=O) groups excluding carboxylic acids is 1. The van der Waals surface area contributed by atoms with Crippen molar-refractivity contribution in [1.29, 1.82) is 0 Å². The number of rotatable bonds is 3. The van der Waals surface area contributed by atoms with E-state index in [4.69, 9.17) is 5.11 Å². The zero-order chi connectivity index (χ0) is 5.70. The second-order valence-electron chi connectivity index (χ2n) is 1.38. The summed E-state index contributed by atoms with van der Waals surface area (Å²) in [6.45, 7) is 1.94. The van der Waals surface area contributed by atoms with Crippen LogP contribution >= 0.6 is 0 Å². The average Bonchev–Trinajstić information content (AvgIpc) is 1.61. The highest BCUT2D eigenvalue weighted by Crippen LogP contribution is 1.69. The van der Waals surface area contributed by atoms with Crippen molar-refractivity contribution in [2.24, 2.45) is 0 Å². The molecule has 0 bridgehead atoms. The summed E-state index contributed by atoms with van der Waals surface area (Å²) in [6, 6.07) is 0. The number of carbonyl (C=O) groups is 1.